The predicted molar refractivity (Wildman–Crippen MR) is 105 cm³/mol. The summed E-state index contributed by atoms with van der Waals surface area (Å²) >= 11 is 5.56. The summed E-state index contributed by atoms with van der Waals surface area (Å²) < 4.78 is 8.84. The summed E-state index contributed by atoms with van der Waals surface area (Å²) in [4.78, 5) is 13.9. The number of likely N-dealkylation sites (tertiary alicyclic amines) is 1. The number of carbonyl (C=O) groups is 1. The van der Waals surface area contributed by atoms with Gasteiger partial charge in [-0.2, -0.15) is 4.68 Å². The van der Waals surface area contributed by atoms with Crippen molar-refractivity contribution in [3.05, 3.63) is 34.6 Å². The number of benzene rings is 1. The van der Waals surface area contributed by atoms with E-state index in [-0.39, 0.29) is 11.9 Å². The third-order valence-corrected chi connectivity index (χ3v) is 5.48. The van der Waals surface area contributed by atoms with Crippen LogP contribution in [0.1, 0.15) is 38.2 Å². The molecule has 0 bridgehead atoms. The van der Waals surface area contributed by atoms with Gasteiger partial charge in [-0.15, -0.1) is 0 Å². The van der Waals surface area contributed by atoms with Crippen molar-refractivity contribution in [2.24, 2.45) is 5.92 Å². The molecular weight excluding hydrogens is 362 g/mol. The van der Waals surface area contributed by atoms with Gasteiger partial charge in [-0.25, -0.2) is 4.68 Å². The van der Waals surface area contributed by atoms with E-state index < -0.39 is 0 Å². The van der Waals surface area contributed by atoms with Gasteiger partial charge in [0.2, 0.25) is 4.77 Å². The highest BCUT2D eigenvalue weighted by Crippen LogP contribution is 2.19. The molecule has 0 radical (unpaired) electrons. The molecule has 1 aliphatic rings. The van der Waals surface area contributed by atoms with Crippen molar-refractivity contribution < 1.29 is 9.53 Å². The SMILES string of the molecule is CCCCc1ccc(-n2nnn(CN3CCC(C(=O)OC)CC3)c2=S)cc1. The number of hydrogen-bond donors (Lipinski definition) is 0. The maximum absolute atomic E-state index is 11.6. The fourth-order valence-corrected chi connectivity index (χ4v) is 3.61. The number of piperidine rings is 1. The van der Waals surface area contributed by atoms with Crippen LogP contribution in [0.5, 0.6) is 0 Å². The maximum Gasteiger partial charge on any atom is 0.308 e. The van der Waals surface area contributed by atoms with Gasteiger partial charge < -0.3 is 4.74 Å². The molecule has 146 valence electrons. The Hall–Kier alpha value is -2.06. The molecule has 27 heavy (non-hydrogen) atoms. The fourth-order valence-electron chi connectivity index (χ4n) is 3.38. The predicted octanol–water partition coefficient (Wildman–Crippen LogP) is 2.98. The summed E-state index contributed by atoms with van der Waals surface area (Å²) in [5.41, 5.74) is 2.25. The van der Waals surface area contributed by atoms with Crippen LogP contribution in [0.15, 0.2) is 24.3 Å². The van der Waals surface area contributed by atoms with E-state index in [1.165, 1.54) is 25.5 Å². The minimum absolute atomic E-state index is 0.00104. The lowest BCUT2D eigenvalue weighted by Crippen LogP contribution is -2.38. The first-order valence-corrected chi connectivity index (χ1v) is 9.95. The number of tetrazole rings is 1. The largest absolute Gasteiger partial charge is 0.469 e. The monoisotopic (exact) mass is 389 g/mol. The molecule has 7 nitrogen and oxygen atoms in total. The molecule has 0 unspecified atom stereocenters. The quantitative estimate of drug-likeness (QED) is 0.536. The van der Waals surface area contributed by atoms with E-state index in [2.05, 4.69) is 34.4 Å². The Labute approximate surface area is 164 Å². The maximum atomic E-state index is 11.6. The standard InChI is InChI=1S/C19H27N5O2S/c1-3-4-5-15-6-8-17(9-7-15)24-19(27)23(20-21-24)14-22-12-10-16(11-13-22)18(25)26-2/h6-9,16H,3-5,10-14H2,1-2H3. The van der Waals surface area contributed by atoms with E-state index >= 15 is 0 Å². The van der Waals surface area contributed by atoms with E-state index in [1.54, 1.807) is 9.36 Å². The summed E-state index contributed by atoms with van der Waals surface area (Å²) in [5, 5.41) is 8.45. The summed E-state index contributed by atoms with van der Waals surface area (Å²) in [6.07, 6.45) is 5.08. The van der Waals surface area contributed by atoms with E-state index in [0.717, 1.165) is 38.0 Å². The number of hydrogen-bond acceptors (Lipinski definition) is 6. The second-order valence-corrected chi connectivity index (χ2v) is 7.36. The first kappa shape index (κ1) is 19.7. The van der Waals surface area contributed by atoms with Gasteiger partial charge in [-0.05, 0) is 66.0 Å². The smallest absolute Gasteiger partial charge is 0.308 e. The second kappa shape index (κ2) is 9.23. The molecule has 1 aromatic carbocycles. The van der Waals surface area contributed by atoms with E-state index in [9.17, 15) is 4.79 Å². The highest BCUT2D eigenvalue weighted by Gasteiger charge is 2.26. The zero-order chi connectivity index (χ0) is 19.2. The molecule has 0 aliphatic carbocycles. The van der Waals surface area contributed by atoms with Gasteiger partial charge in [-0.1, -0.05) is 25.5 Å². The van der Waals surface area contributed by atoms with Crippen LogP contribution >= 0.6 is 12.2 Å². The first-order valence-electron chi connectivity index (χ1n) is 9.54. The molecule has 2 aromatic rings. The van der Waals surface area contributed by atoms with Crippen LogP contribution in [0.25, 0.3) is 5.69 Å². The zero-order valence-electron chi connectivity index (χ0n) is 16.0. The van der Waals surface area contributed by atoms with Gasteiger partial charge in [0, 0.05) is 13.1 Å². The molecule has 3 rings (SSSR count). The summed E-state index contributed by atoms with van der Waals surface area (Å²) in [5.74, 6) is -0.110. The molecule has 8 heteroatoms. The van der Waals surface area contributed by atoms with Crippen LogP contribution in [0, 0.1) is 10.7 Å². The number of rotatable bonds is 7. The number of methoxy groups -OCH3 is 1. The number of esters is 1. The third-order valence-electron chi connectivity index (χ3n) is 5.10. The number of aryl methyl sites for hydroxylation is 1. The Morgan fingerprint density at radius 1 is 1.22 bits per heavy atom. The Bertz CT molecular complexity index is 806. The van der Waals surface area contributed by atoms with E-state index in [0.29, 0.717) is 11.4 Å². The van der Waals surface area contributed by atoms with Crippen LogP contribution < -0.4 is 0 Å². The van der Waals surface area contributed by atoms with Crippen molar-refractivity contribution in [2.75, 3.05) is 20.2 Å². The van der Waals surface area contributed by atoms with E-state index in [4.69, 9.17) is 17.0 Å². The minimum atomic E-state index is -0.111. The topological polar surface area (TPSA) is 65.2 Å². The average molecular weight is 390 g/mol. The third kappa shape index (κ3) is 4.81. The van der Waals surface area contributed by atoms with Gasteiger partial charge in [0.05, 0.1) is 25.4 Å². The van der Waals surface area contributed by atoms with Crippen molar-refractivity contribution >= 4 is 18.2 Å². The fraction of sp³-hybridized carbons (Fsp3) is 0.579. The number of aromatic nitrogens is 4. The number of ether oxygens (including phenoxy) is 1. The molecular formula is C19H27N5O2S. The highest BCUT2D eigenvalue weighted by atomic mass is 32.1. The summed E-state index contributed by atoms with van der Waals surface area (Å²) in [7, 11) is 1.45. The molecule has 0 N–H and O–H groups in total. The van der Waals surface area contributed by atoms with Crippen LogP contribution in [0.2, 0.25) is 0 Å². The molecule has 0 atom stereocenters. The normalized spacial score (nSPS) is 15.8. The summed E-state index contributed by atoms with van der Waals surface area (Å²) in [6, 6.07) is 8.34. The highest BCUT2D eigenvalue weighted by molar-refractivity contribution is 7.71. The van der Waals surface area contributed by atoms with Crippen LogP contribution in [-0.2, 0) is 22.6 Å². The van der Waals surface area contributed by atoms with Crippen molar-refractivity contribution in [3.63, 3.8) is 0 Å². The Balaban J connectivity index is 1.62. The lowest BCUT2D eigenvalue weighted by molar-refractivity contribution is -0.147. The Morgan fingerprint density at radius 3 is 2.56 bits per heavy atom. The molecule has 1 fully saturated rings. The van der Waals surface area contributed by atoms with Gasteiger partial charge in [-0.3, -0.25) is 9.69 Å². The van der Waals surface area contributed by atoms with Gasteiger partial charge in [0.1, 0.15) is 0 Å². The molecule has 2 heterocycles. The van der Waals surface area contributed by atoms with Gasteiger partial charge >= 0.3 is 5.97 Å². The van der Waals surface area contributed by atoms with Crippen molar-refractivity contribution in [3.8, 4) is 5.69 Å². The average Bonchev–Trinajstić information content (AvgIpc) is 3.07. The van der Waals surface area contributed by atoms with Crippen LogP contribution in [-0.4, -0.2) is 50.9 Å². The van der Waals surface area contributed by atoms with E-state index in [1.807, 2.05) is 12.1 Å². The number of carbonyl (C=O) groups excluding carboxylic acids is 1. The lowest BCUT2D eigenvalue weighted by Gasteiger charge is -2.29. The molecule has 0 spiro atoms. The molecule has 0 saturated carbocycles. The number of nitrogens with zero attached hydrogens (tertiary/aromatic N) is 5. The summed E-state index contributed by atoms with van der Waals surface area (Å²) in [6.45, 7) is 4.42. The molecule has 1 aromatic heterocycles. The lowest BCUT2D eigenvalue weighted by atomic mass is 9.97. The molecule has 0 amide bonds. The Morgan fingerprint density at radius 2 is 1.93 bits per heavy atom. The zero-order valence-corrected chi connectivity index (χ0v) is 16.8. The Kier molecular flexibility index (Phi) is 6.73. The van der Waals surface area contributed by atoms with Gasteiger partial charge in [0.15, 0.2) is 0 Å². The minimum Gasteiger partial charge on any atom is -0.469 e. The molecule has 1 aliphatic heterocycles. The van der Waals surface area contributed by atoms with Crippen molar-refractivity contribution in [1.82, 2.24) is 24.7 Å². The number of unbranched alkanes of at least 4 members (excludes halogenated alkanes) is 1. The van der Waals surface area contributed by atoms with Crippen molar-refractivity contribution in [2.45, 2.75) is 45.7 Å². The molecule has 1 saturated heterocycles. The van der Waals surface area contributed by atoms with Crippen LogP contribution in [0.4, 0.5) is 0 Å². The van der Waals surface area contributed by atoms with Gasteiger partial charge in [0.25, 0.3) is 0 Å². The first-order chi connectivity index (χ1) is 13.1. The van der Waals surface area contributed by atoms with Crippen molar-refractivity contribution in [1.29, 1.82) is 0 Å². The van der Waals surface area contributed by atoms with Crippen LogP contribution in [0.3, 0.4) is 0 Å². The second-order valence-electron chi connectivity index (χ2n) is 7.00.